The molecule has 2 amide bonds. The average Bonchev–Trinajstić information content (AvgIpc) is 2.63. The molecule has 1 unspecified atom stereocenters. The predicted molar refractivity (Wildman–Crippen MR) is 95.7 cm³/mol. The summed E-state index contributed by atoms with van der Waals surface area (Å²) in [5.74, 6) is -5.20. The molecule has 1 aromatic carbocycles. The maximum absolute atomic E-state index is 13.6. The Labute approximate surface area is 156 Å². The van der Waals surface area contributed by atoms with Crippen molar-refractivity contribution in [3.8, 4) is 0 Å². The molecular weight excluding hydrogens is 359 g/mol. The SMILES string of the molecule is C[NH+](CC(=O)NCCC1=CCCCC1)CC(=O)Nc1ccc(F)c(F)c1F. The Morgan fingerprint density at radius 3 is 2.52 bits per heavy atom. The molecule has 0 radical (unpaired) electrons. The number of amides is 2. The van der Waals surface area contributed by atoms with Gasteiger partial charge in [0, 0.05) is 6.54 Å². The summed E-state index contributed by atoms with van der Waals surface area (Å²) < 4.78 is 39.6. The van der Waals surface area contributed by atoms with Gasteiger partial charge in [-0.1, -0.05) is 11.6 Å². The molecule has 8 heteroatoms. The maximum atomic E-state index is 13.6. The first-order valence-corrected chi connectivity index (χ1v) is 9.06. The van der Waals surface area contributed by atoms with E-state index >= 15 is 0 Å². The first-order valence-electron chi connectivity index (χ1n) is 9.06. The molecule has 1 aliphatic rings. The molecule has 0 saturated carbocycles. The van der Waals surface area contributed by atoms with E-state index < -0.39 is 29.0 Å². The number of likely N-dealkylation sites (N-methyl/N-ethyl adjacent to an activating group) is 1. The van der Waals surface area contributed by atoms with Gasteiger partial charge in [0.15, 0.2) is 30.5 Å². The molecule has 0 heterocycles. The number of quaternary nitrogens is 1. The zero-order valence-electron chi connectivity index (χ0n) is 15.3. The van der Waals surface area contributed by atoms with E-state index in [1.54, 1.807) is 7.05 Å². The summed E-state index contributed by atoms with van der Waals surface area (Å²) in [5.41, 5.74) is 0.937. The van der Waals surface area contributed by atoms with Gasteiger partial charge in [-0.25, -0.2) is 13.2 Å². The van der Waals surface area contributed by atoms with E-state index in [2.05, 4.69) is 16.7 Å². The van der Waals surface area contributed by atoms with Crippen LogP contribution in [0.15, 0.2) is 23.8 Å². The van der Waals surface area contributed by atoms with Gasteiger partial charge >= 0.3 is 0 Å². The summed E-state index contributed by atoms with van der Waals surface area (Å²) >= 11 is 0. The molecule has 3 N–H and O–H groups in total. The fraction of sp³-hybridized carbons (Fsp3) is 0.474. The van der Waals surface area contributed by atoms with Gasteiger partial charge in [0.2, 0.25) is 0 Å². The third-order valence-electron chi connectivity index (χ3n) is 4.39. The van der Waals surface area contributed by atoms with Gasteiger partial charge in [0.25, 0.3) is 11.8 Å². The molecule has 2 rings (SSSR count). The third-order valence-corrected chi connectivity index (χ3v) is 4.39. The van der Waals surface area contributed by atoms with E-state index in [1.807, 2.05) is 0 Å². The second kappa shape index (κ2) is 10.1. The fourth-order valence-electron chi connectivity index (χ4n) is 2.98. The van der Waals surface area contributed by atoms with Crippen molar-refractivity contribution in [2.45, 2.75) is 32.1 Å². The van der Waals surface area contributed by atoms with Gasteiger partial charge in [0.1, 0.15) is 0 Å². The van der Waals surface area contributed by atoms with Crippen molar-refractivity contribution in [3.05, 3.63) is 41.2 Å². The Hall–Kier alpha value is -2.35. The predicted octanol–water partition coefficient (Wildman–Crippen LogP) is 1.56. The summed E-state index contributed by atoms with van der Waals surface area (Å²) in [4.78, 5) is 24.4. The number of hydrogen-bond donors (Lipinski definition) is 3. The van der Waals surface area contributed by atoms with Crippen LogP contribution < -0.4 is 15.5 Å². The summed E-state index contributed by atoms with van der Waals surface area (Å²) in [7, 11) is 1.64. The molecule has 5 nitrogen and oxygen atoms in total. The van der Waals surface area contributed by atoms with Crippen LogP contribution in [-0.4, -0.2) is 38.5 Å². The molecule has 0 saturated heterocycles. The monoisotopic (exact) mass is 384 g/mol. The van der Waals surface area contributed by atoms with Crippen molar-refractivity contribution in [1.82, 2.24) is 5.32 Å². The Bertz CT molecular complexity index is 722. The Morgan fingerprint density at radius 1 is 1.07 bits per heavy atom. The van der Waals surface area contributed by atoms with Crippen molar-refractivity contribution in [3.63, 3.8) is 0 Å². The van der Waals surface area contributed by atoms with E-state index in [0.717, 1.165) is 31.4 Å². The van der Waals surface area contributed by atoms with E-state index in [4.69, 9.17) is 0 Å². The van der Waals surface area contributed by atoms with Gasteiger partial charge in [-0.05, 0) is 44.2 Å². The molecule has 0 aliphatic heterocycles. The quantitative estimate of drug-likeness (QED) is 0.471. The highest BCUT2D eigenvalue weighted by atomic mass is 19.2. The number of allylic oxidation sites excluding steroid dienone is 1. The molecule has 1 aliphatic carbocycles. The number of anilines is 1. The number of benzene rings is 1. The van der Waals surface area contributed by atoms with Crippen molar-refractivity contribution in [2.75, 3.05) is 32.0 Å². The van der Waals surface area contributed by atoms with Crippen molar-refractivity contribution < 1.29 is 27.7 Å². The third kappa shape index (κ3) is 6.71. The van der Waals surface area contributed by atoms with Crippen LogP contribution in [0.1, 0.15) is 32.1 Å². The minimum atomic E-state index is -1.64. The number of hydrogen-bond acceptors (Lipinski definition) is 2. The van der Waals surface area contributed by atoms with E-state index in [-0.39, 0.29) is 19.0 Å². The van der Waals surface area contributed by atoms with Crippen LogP contribution in [0, 0.1) is 17.5 Å². The first-order chi connectivity index (χ1) is 12.9. The highest BCUT2D eigenvalue weighted by Crippen LogP contribution is 2.20. The number of rotatable bonds is 8. The zero-order valence-corrected chi connectivity index (χ0v) is 15.3. The molecule has 27 heavy (non-hydrogen) atoms. The van der Waals surface area contributed by atoms with Crippen LogP contribution in [0.25, 0.3) is 0 Å². The van der Waals surface area contributed by atoms with Crippen LogP contribution in [0.4, 0.5) is 18.9 Å². The molecular formula is C19H25F3N3O2+. The number of nitrogens with one attached hydrogen (secondary N) is 3. The fourth-order valence-corrected chi connectivity index (χ4v) is 2.98. The minimum absolute atomic E-state index is 0.0761. The van der Waals surface area contributed by atoms with Crippen LogP contribution in [0.2, 0.25) is 0 Å². The Kier molecular flexibility index (Phi) is 7.84. The van der Waals surface area contributed by atoms with E-state index in [1.165, 1.54) is 18.4 Å². The second-order valence-electron chi connectivity index (χ2n) is 6.79. The van der Waals surface area contributed by atoms with Gasteiger partial charge in [0.05, 0.1) is 12.7 Å². The second-order valence-corrected chi connectivity index (χ2v) is 6.79. The van der Waals surface area contributed by atoms with E-state index in [9.17, 15) is 22.8 Å². The van der Waals surface area contributed by atoms with Gasteiger partial charge in [-0.3, -0.25) is 9.59 Å². The summed E-state index contributed by atoms with van der Waals surface area (Å²) in [6.45, 7) is 0.522. The van der Waals surface area contributed by atoms with Crippen LogP contribution in [-0.2, 0) is 9.59 Å². The summed E-state index contributed by atoms with van der Waals surface area (Å²) in [6.07, 6.45) is 7.67. The smallest absolute Gasteiger partial charge is 0.279 e. The van der Waals surface area contributed by atoms with Crippen molar-refractivity contribution in [2.24, 2.45) is 0 Å². The highest BCUT2D eigenvalue weighted by molar-refractivity contribution is 5.91. The first kappa shape index (κ1) is 21.0. The lowest BCUT2D eigenvalue weighted by atomic mass is 9.97. The maximum Gasteiger partial charge on any atom is 0.279 e. The lowest BCUT2D eigenvalue weighted by Crippen LogP contribution is -3.11. The van der Waals surface area contributed by atoms with E-state index in [0.29, 0.717) is 11.4 Å². The van der Waals surface area contributed by atoms with Crippen molar-refractivity contribution >= 4 is 17.5 Å². The number of halogens is 3. The van der Waals surface area contributed by atoms with Crippen LogP contribution >= 0.6 is 0 Å². The molecule has 0 bridgehead atoms. The minimum Gasteiger partial charge on any atom is -0.351 e. The standard InChI is InChI=1S/C19H24F3N3O2/c1-25(11-16(26)23-10-9-13-5-3-2-4-6-13)12-17(27)24-15-8-7-14(20)18(21)19(15)22/h5,7-8H,2-4,6,9-12H2,1H3,(H,23,26)(H,24,27)/p+1. The van der Waals surface area contributed by atoms with Gasteiger partial charge < -0.3 is 15.5 Å². The number of carbonyl (C=O) groups excluding carboxylic acids is 2. The summed E-state index contributed by atoms with van der Waals surface area (Å²) in [5, 5.41) is 5.01. The Morgan fingerprint density at radius 2 is 1.81 bits per heavy atom. The van der Waals surface area contributed by atoms with Gasteiger partial charge in [-0.15, -0.1) is 0 Å². The Balaban J connectivity index is 1.71. The molecule has 1 atom stereocenters. The molecule has 1 aromatic rings. The largest absolute Gasteiger partial charge is 0.351 e. The van der Waals surface area contributed by atoms with Crippen LogP contribution in [0.5, 0.6) is 0 Å². The summed E-state index contributed by atoms with van der Waals surface area (Å²) in [6, 6.07) is 1.69. The average molecular weight is 384 g/mol. The molecule has 0 fully saturated rings. The lowest BCUT2D eigenvalue weighted by Gasteiger charge is -2.15. The normalized spacial score (nSPS) is 15.0. The molecule has 0 aromatic heterocycles. The zero-order chi connectivity index (χ0) is 19.8. The van der Waals surface area contributed by atoms with Gasteiger partial charge in [-0.2, -0.15) is 0 Å². The number of carbonyl (C=O) groups is 2. The van der Waals surface area contributed by atoms with Crippen molar-refractivity contribution in [1.29, 1.82) is 0 Å². The van der Waals surface area contributed by atoms with Crippen LogP contribution in [0.3, 0.4) is 0 Å². The lowest BCUT2D eigenvalue weighted by molar-refractivity contribution is -0.862. The highest BCUT2D eigenvalue weighted by Gasteiger charge is 2.18. The molecule has 148 valence electrons. The molecule has 0 spiro atoms. The topological polar surface area (TPSA) is 62.6 Å².